The van der Waals surface area contributed by atoms with E-state index < -0.39 is 0 Å². The first-order chi connectivity index (χ1) is 11.8. The molecule has 0 atom stereocenters. The summed E-state index contributed by atoms with van der Waals surface area (Å²) in [5, 5.41) is 0.992. The van der Waals surface area contributed by atoms with Gasteiger partial charge in [-0.15, -0.1) is 11.6 Å². The lowest BCUT2D eigenvalue weighted by Gasteiger charge is -2.17. The Labute approximate surface area is 161 Å². The van der Waals surface area contributed by atoms with E-state index in [0.29, 0.717) is 33.5 Å². The predicted molar refractivity (Wildman–Crippen MR) is 104 cm³/mol. The first-order valence-corrected chi connectivity index (χ1v) is 9.58. The molecule has 1 saturated carbocycles. The maximum Gasteiger partial charge on any atom is 0.298 e. The van der Waals surface area contributed by atoms with Crippen molar-refractivity contribution >= 4 is 46.8 Å². The summed E-state index contributed by atoms with van der Waals surface area (Å²) in [4.78, 5) is 10.5. The lowest BCUT2D eigenvalue weighted by Crippen LogP contribution is -2.24. The van der Waals surface area contributed by atoms with Gasteiger partial charge in [-0.25, -0.2) is 4.99 Å². The van der Waals surface area contributed by atoms with Gasteiger partial charge in [-0.2, -0.15) is 9.36 Å². The molecular formula is C17H20Cl2N4OS. The molecule has 1 aliphatic carbocycles. The fourth-order valence-electron chi connectivity index (χ4n) is 2.00. The summed E-state index contributed by atoms with van der Waals surface area (Å²) in [5.41, 5.74) is 1.63. The van der Waals surface area contributed by atoms with E-state index >= 15 is 0 Å². The molecular weight excluding hydrogens is 379 g/mol. The van der Waals surface area contributed by atoms with Gasteiger partial charge in [0.25, 0.3) is 5.19 Å². The van der Waals surface area contributed by atoms with E-state index in [2.05, 4.69) is 28.2 Å². The number of nitrogens with zero attached hydrogens (tertiary/aromatic N) is 4. The molecule has 5 nitrogen and oxygen atoms in total. The smallest absolute Gasteiger partial charge is 0.298 e. The van der Waals surface area contributed by atoms with Crippen molar-refractivity contribution in [2.75, 3.05) is 7.05 Å². The molecule has 0 bridgehead atoms. The van der Waals surface area contributed by atoms with Gasteiger partial charge in [0.15, 0.2) is 5.82 Å². The van der Waals surface area contributed by atoms with E-state index in [-0.39, 0.29) is 4.87 Å². The number of aryl methyl sites for hydroxylation is 1. The van der Waals surface area contributed by atoms with Crippen LogP contribution >= 0.6 is 34.7 Å². The van der Waals surface area contributed by atoms with Crippen molar-refractivity contribution in [2.24, 2.45) is 4.99 Å². The number of alkyl halides is 1. The Morgan fingerprint density at radius 1 is 1.40 bits per heavy atom. The van der Waals surface area contributed by atoms with Gasteiger partial charge in [-0.3, -0.25) is 0 Å². The Balaban J connectivity index is 1.77. The minimum Gasteiger partial charge on any atom is -0.430 e. The first kappa shape index (κ1) is 18.4. The summed E-state index contributed by atoms with van der Waals surface area (Å²) in [6.45, 7) is 6.14. The molecule has 0 saturated heterocycles. The third kappa shape index (κ3) is 4.25. The highest BCUT2D eigenvalue weighted by atomic mass is 35.5. The monoisotopic (exact) mass is 398 g/mol. The number of hydrogen-bond donors (Lipinski definition) is 0. The predicted octanol–water partition coefficient (Wildman–Crippen LogP) is 5.52. The van der Waals surface area contributed by atoms with Crippen molar-refractivity contribution in [3.8, 4) is 10.9 Å². The number of rotatable bonds is 6. The van der Waals surface area contributed by atoms with Crippen LogP contribution in [0, 0.1) is 6.92 Å². The molecule has 2 aromatic rings. The van der Waals surface area contributed by atoms with Crippen LogP contribution in [0.3, 0.4) is 0 Å². The van der Waals surface area contributed by atoms with E-state index in [4.69, 9.17) is 27.9 Å². The molecule has 1 aromatic carbocycles. The SMILES string of the molecule is Cc1cc(/N=C\N(C)C(C)C)c(Cl)cc1Oc1nc(C2(Cl)CC2)ns1. The van der Waals surface area contributed by atoms with Gasteiger partial charge in [0.2, 0.25) is 0 Å². The van der Waals surface area contributed by atoms with Gasteiger partial charge in [0, 0.05) is 30.7 Å². The molecule has 0 N–H and O–H groups in total. The molecule has 0 radical (unpaired) electrons. The number of aromatic nitrogens is 2. The van der Waals surface area contributed by atoms with Gasteiger partial charge < -0.3 is 9.64 Å². The number of halogens is 2. The quantitative estimate of drug-likeness (QED) is 0.365. The number of benzene rings is 1. The van der Waals surface area contributed by atoms with Crippen LogP contribution in [0.4, 0.5) is 5.69 Å². The van der Waals surface area contributed by atoms with Crippen LogP contribution < -0.4 is 4.74 Å². The Morgan fingerprint density at radius 3 is 2.76 bits per heavy atom. The Hall–Kier alpha value is -1.37. The molecule has 0 amide bonds. The summed E-state index contributed by atoms with van der Waals surface area (Å²) >= 11 is 13.9. The molecule has 1 aliphatic rings. The molecule has 0 aliphatic heterocycles. The molecule has 0 spiro atoms. The minimum absolute atomic E-state index is 0.370. The Bertz CT molecular complexity index is 802. The lowest BCUT2D eigenvalue weighted by molar-refractivity contribution is 0.429. The molecule has 134 valence electrons. The highest BCUT2D eigenvalue weighted by Gasteiger charge is 2.46. The van der Waals surface area contributed by atoms with Gasteiger partial charge in [-0.05, 0) is 45.2 Å². The van der Waals surface area contributed by atoms with Crippen molar-refractivity contribution < 1.29 is 4.74 Å². The number of aliphatic imine (C=N–C) groups is 1. The van der Waals surface area contributed by atoms with Gasteiger partial charge in [0.05, 0.1) is 17.0 Å². The zero-order valence-electron chi connectivity index (χ0n) is 14.6. The third-order valence-electron chi connectivity index (χ3n) is 4.13. The average molecular weight is 399 g/mol. The second-order valence-corrected chi connectivity index (χ2v) is 8.37. The second-order valence-electron chi connectivity index (χ2n) is 6.52. The zero-order chi connectivity index (χ0) is 18.2. The van der Waals surface area contributed by atoms with E-state index in [1.54, 1.807) is 12.4 Å². The average Bonchev–Trinajstić information content (AvgIpc) is 3.12. The highest BCUT2D eigenvalue weighted by molar-refractivity contribution is 7.07. The Kier molecular flexibility index (Phi) is 5.23. The van der Waals surface area contributed by atoms with Crippen molar-refractivity contribution in [1.29, 1.82) is 0 Å². The van der Waals surface area contributed by atoms with Crippen LogP contribution in [-0.2, 0) is 4.87 Å². The van der Waals surface area contributed by atoms with Crippen LogP contribution in [0.1, 0.15) is 38.1 Å². The fourth-order valence-corrected chi connectivity index (χ4v) is 3.07. The third-order valence-corrected chi connectivity index (χ3v) is 5.58. The topological polar surface area (TPSA) is 50.6 Å². The maximum atomic E-state index is 6.35. The number of ether oxygens (including phenoxy) is 1. The van der Waals surface area contributed by atoms with Crippen molar-refractivity contribution in [3.63, 3.8) is 0 Å². The molecule has 25 heavy (non-hydrogen) atoms. The van der Waals surface area contributed by atoms with Crippen LogP contribution in [-0.4, -0.2) is 33.7 Å². The summed E-state index contributed by atoms with van der Waals surface area (Å²) in [6, 6.07) is 4.02. The fraction of sp³-hybridized carbons (Fsp3) is 0.471. The highest BCUT2D eigenvalue weighted by Crippen LogP contribution is 2.51. The summed E-state index contributed by atoms with van der Waals surface area (Å²) < 4.78 is 10.1. The van der Waals surface area contributed by atoms with Crippen molar-refractivity contribution in [1.82, 2.24) is 14.3 Å². The van der Waals surface area contributed by atoms with Crippen molar-refractivity contribution in [2.45, 2.75) is 44.5 Å². The number of hydrogen-bond acceptors (Lipinski definition) is 5. The Morgan fingerprint density at radius 2 is 2.12 bits per heavy atom. The van der Waals surface area contributed by atoms with E-state index in [0.717, 1.165) is 18.4 Å². The molecule has 1 aromatic heterocycles. The minimum atomic E-state index is -0.383. The van der Waals surface area contributed by atoms with E-state index in [1.807, 2.05) is 24.9 Å². The van der Waals surface area contributed by atoms with Gasteiger partial charge >= 0.3 is 0 Å². The first-order valence-electron chi connectivity index (χ1n) is 8.06. The van der Waals surface area contributed by atoms with Gasteiger partial charge in [-0.1, -0.05) is 11.6 Å². The maximum absolute atomic E-state index is 6.35. The lowest BCUT2D eigenvalue weighted by atomic mass is 10.2. The van der Waals surface area contributed by atoms with Crippen LogP contribution in [0.25, 0.3) is 0 Å². The van der Waals surface area contributed by atoms with Crippen LogP contribution in [0.5, 0.6) is 10.9 Å². The molecule has 1 heterocycles. The van der Waals surface area contributed by atoms with Crippen LogP contribution in [0.2, 0.25) is 5.02 Å². The molecule has 1 fully saturated rings. The summed E-state index contributed by atoms with van der Waals surface area (Å²) in [5.74, 6) is 1.29. The zero-order valence-corrected chi connectivity index (χ0v) is 16.9. The van der Waals surface area contributed by atoms with Crippen LogP contribution in [0.15, 0.2) is 17.1 Å². The summed E-state index contributed by atoms with van der Waals surface area (Å²) in [6.07, 6.45) is 3.60. The molecule has 8 heteroatoms. The molecule has 3 rings (SSSR count). The molecule has 0 unspecified atom stereocenters. The van der Waals surface area contributed by atoms with E-state index in [9.17, 15) is 0 Å². The van der Waals surface area contributed by atoms with E-state index in [1.165, 1.54) is 11.5 Å². The standard InChI is InChI=1S/C17H20Cl2N4OS/c1-10(2)23(4)9-20-13-7-11(3)14(8-12(13)18)24-16-21-15(22-25-16)17(19)5-6-17/h7-10H,5-6H2,1-4H3/b20-9-. The van der Waals surface area contributed by atoms with Gasteiger partial charge in [0.1, 0.15) is 10.6 Å². The van der Waals surface area contributed by atoms with Crippen molar-refractivity contribution in [3.05, 3.63) is 28.5 Å². The largest absolute Gasteiger partial charge is 0.430 e. The summed E-state index contributed by atoms with van der Waals surface area (Å²) in [7, 11) is 1.98. The second kappa shape index (κ2) is 7.09. The normalized spacial score (nSPS) is 15.8.